The van der Waals surface area contributed by atoms with E-state index in [2.05, 4.69) is 14.8 Å². The number of benzene rings is 2. The van der Waals surface area contributed by atoms with Crippen LogP contribution in [0.15, 0.2) is 53.7 Å². The summed E-state index contributed by atoms with van der Waals surface area (Å²) in [5.41, 5.74) is 0.834. The van der Waals surface area contributed by atoms with Crippen LogP contribution in [-0.4, -0.2) is 39.8 Å². The van der Waals surface area contributed by atoms with Gasteiger partial charge in [-0.1, -0.05) is 23.4 Å². The molecule has 5 nitrogen and oxygen atoms in total. The number of rotatable bonds is 8. The van der Waals surface area contributed by atoms with Crippen LogP contribution in [0.2, 0.25) is 5.02 Å². The first kappa shape index (κ1) is 20.2. The smallest absolute Gasteiger partial charge is 0.191 e. The van der Waals surface area contributed by atoms with E-state index in [-0.39, 0.29) is 11.9 Å². The Morgan fingerprint density at radius 3 is 2.66 bits per heavy atom. The summed E-state index contributed by atoms with van der Waals surface area (Å²) in [6, 6.07) is 13.6. The van der Waals surface area contributed by atoms with Crippen molar-refractivity contribution in [3.8, 4) is 17.1 Å². The van der Waals surface area contributed by atoms with E-state index in [1.807, 2.05) is 12.1 Å². The molecule has 0 spiro atoms. The number of thioether (sulfide) groups is 1. The van der Waals surface area contributed by atoms with Gasteiger partial charge in [-0.3, -0.25) is 4.57 Å². The predicted octanol–water partition coefficient (Wildman–Crippen LogP) is 5.09. The van der Waals surface area contributed by atoms with Gasteiger partial charge in [-0.25, -0.2) is 4.39 Å². The summed E-state index contributed by atoms with van der Waals surface area (Å²) in [5.74, 6) is 1.95. The molecule has 152 valence electrons. The topological polar surface area (TPSA) is 49.2 Å². The van der Waals surface area contributed by atoms with Crippen LogP contribution in [0.4, 0.5) is 4.39 Å². The quantitative estimate of drug-likeness (QED) is 0.366. The molecule has 1 unspecified atom stereocenters. The van der Waals surface area contributed by atoms with E-state index in [1.165, 1.54) is 12.1 Å². The van der Waals surface area contributed by atoms with Crippen molar-refractivity contribution >= 4 is 23.4 Å². The normalized spacial score (nSPS) is 16.3. The fourth-order valence-corrected chi connectivity index (χ4v) is 4.08. The molecule has 1 saturated heterocycles. The second kappa shape index (κ2) is 9.61. The summed E-state index contributed by atoms with van der Waals surface area (Å²) >= 11 is 7.47. The first-order chi connectivity index (χ1) is 14.2. The van der Waals surface area contributed by atoms with Gasteiger partial charge in [0.05, 0.1) is 19.3 Å². The zero-order valence-electron chi connectivity index (χ0n) is 15.8. The van der Waals surface area contributed by atoms with Gasteiger partial charge in [-0.15, -0.1) is 10.2 Å². The van der Waals surface area contributed by atoms with Gasteiger partial charge in [0, 0.05) is 22.9 Å². The van der Waals surface area contributed by atoms with Crippen molar-refractivity contribution in [1.29, 1.82) is 0 Å². The molecule has 0 N–H and O–H groups in total. The molecule has 1 fully saturated rings. The fourth-order valence-electron chi connectivity index (χ4n) is 3.19. The second-order valence-electron chi connectivity index (χ2n) is 6.71. The average molecular weight is 434 g/mol. The minimum Gasteiger partial charge on any atom is -0.493 e. The number of hydrogen-bond acceptors (Lipinski definition) is 5. The van der Waals surface area contributed by atoms with E-state index in [0.717, 1.165) is 47.5 Å². The van der Waals surface area contributed by atoms with Crippen LogP contribution < -0.4 is 4.74 Å². The lowest BCUT2D eigenvalue weighted by atomic mass is 10.2. The van der Waals surface area contributed by atoms with Gasteiger partial charge in [-0.05, 0) is 61.4 Å². The maximum atomic E-state index is 13.3. The van der Waals surface area contributed by atoms with Gasteiger partial charge >= 0.3 is 0 Å². The van der Waals surface area contributed by atoms with Crippen molar-refractivity contribution in [1.82, 2.24) is 14.8 Å². The number of hydrogen-bond donors (Lipinski definition) is 0. The zero-order chi connectivity index (χ0) is 20.1. The summed E-state index contributed by atoms with van der Waals surface area (Å²) in [6.07, 6.45) is 2.23. The van der Waals surface area contributed by atoms with Crippen LogP contribution >= 0.6 is 23.4 Å². The van der Waals surface area contributed by atoms with E-state index in [1.54, 1.807) is 36.0 Å². The Balaban J connectivity index is 1.44. The first-order valence-corrected chi connectivity index (χ1v) is 10.9. The lowest BCUT2D eigenvalue weighted by Gasteiger charge is -2.15. The van der Waals surface area contributed by atoms with Gasteiger partial charge in [-0.2, -0.15) is 0 Å². The summed E-state index contributed by atoms with van der Waals surface area (Å²) in [7, 11) is 0. The summed E-state index contributed by atoms with van der Waals surface area (Å²) in [4.78, 5) is 0. The molecule has 1 aliphatic heterocycles. The molecule has 0 saturated carbocycles. The van der Waals surface area contributed by atoms with E-state index >= 15 is 0 Å². The Hall–Kier alpha value is -2.09. The highest BCUT2D eigenvalue weighted by Crippen LogP contribution is 2.27. The van der Waals surface area contributed by atoms with E-state index in [4.69, 9.17) is 21.1 Å². The second-order valence-corrected chi connectivity index (χ2v) is 8.21. The average Bonchev–Trinajstić information content (AvgIpc) is 3.38. The molecule has 0 amide bonds. The predicted molar refractivity (Wildman–Crippen MR) is 112 cm³/mol. The van der Waals surface area contributed by atoms with Gasteiger partial charge in [0.2, 0.25) is 0 Å². The molecule has 1 atom stereocenters. The van der Waals surface area contributed by atoms with Gasteiger partial charge in [0.15, 0.2) is 11.0 Å². The van der Waals surface area contributed by atoms with Crippen molar-refractivity contribution in [2.75, 3.05) is 19.0 Å². The molecule has 1 aromatic heterocycles. The Bertz CT molecular complexity index is 928. The van der Waals surface area contributed by atoms with Crippen molar-refractivity contribution < 1.29 is 13.9 Å². The molecule has 0 radical (unpaired) electrons. The number of aromatic nitrogens is 3. The molecule has 8 heteroatoms. The Morgan fingerprint density at radius 2 is 1.93 bits per heavy atom. The van der Waals surface area contributed by atoms with Crippen molar-refractivity contribution in [3.63, 3.8) is 0 Å². The Morgan fingerprint density at radius 1 is 1.14 bits per heavy atom. The Kier molecular flexibility index (Phi) is 6.69. The summed E-state index contributed by atoms with van der Waals surface area (Å²) in [5, 5.41) is 10.2. The highest BCUT2D eigenvalue weighted by atomic mass is 35.5. The van der Waals surface area contributed by atoms with E-state index < -0.39 is 0 Å². The van der Waals surface area contributed by atoms with Crippen molar-refractivity contribution in [2.45, 2.75) is 30.6 Å². The molecule has 0 aliphatic carbocycles. The van der Waals surface area contributed by atoms with Crippen LogP contribution in [0.25, 0.3) is 11.4 Å². The SMILES string of the molecule is Fc1ccc(-c2nnc(SCCOc3ccc(Cl)cc3)n2CC2CCCO2)cc1. The standard InChI is InChI=1S/C21H21ClFN3O2S/c22-16-5-9-18(10-6-16)28-12-13-29-21-25-24-20(15-3-7-17(23)8-4-15)26(21)14-19-2-1-11-27-19/h3-10,19H,1-2,11-14H2. The zero-order valence-corrected chi connectivity index (χ0v) is 17.3. The number of halogens is 2. The molecule has 2 aromatic carbocycles. The molecular weight excluding hydrogens is 413 g/mol. The van der Waals surface area contributed by atoms with Crippen LogP contribution in [0.5, 0.6) is 5.75 Å². The third kappa shape index (κ3) is 5.29. The molecule has 2 heterocycles. The van der Waals surface area contributed by atoms with Crippen LogP contribution in [-0.2, 0) is 11.3 Å². The van der Waals surface area contributed by atoms with Crippen LogP contribution in [0.3, 0.4) is 0 Å². The minimum absolute atomic E-state index is 0.148. The van der Waals surface area contributed by atoms with Crippen molar-refractivity contribution in [2.24, 2.45) is 0 Å². The molecule has 4 rings (SSSR count). The highest BCUT2D eigenvalue weighted by Gasteiger charge is 2.21. The molecule has 29 heavy (non-hydrogen) atoms. The third-order valence-electron chi connectivity index (χ3n) is 4.63. The lowest BCUT2D eigenvalue weighted by molar-refractivity contribution is 0.0953. The van der Waals surface area contributed by atoms with Crippen LogP contribution in [0, 0.1) is 5.82 Å². The Labute approximate surface area is 178 Å². The molecule has 1 aliphatic rings. The lowest BCUT2D eigenvalue weighted by Crippen LogP contribution is -2.17. The van der Waals surface area contributed by atoms with E-state index in [9.17, 15) is 4.39 Å². The van der Waals surface area contributed by atoms with E-state index in [0.29, 0.717) is 18.2 Å². The summed E-state index contributed by atoms with van der Waals surface area (Å²) < 4.78 is 26.9. The monoisotopic (exact) mass is 433 g/mol. The van der Waals surface area contributed by atoms with Crippen LogP contribution in [0.1, 0.15) is 12.8 Å². The fraction of sp³-hybridized carbons (Fsp3) is 0.333. The molecule has 3 aromatic rings. The maximum Gasteiger partial charge on any atom is 0.191 e. The first-order valence-electron chi connectivity index (χ1n) is 9.51. The minimum atomic E-state index is -0.270. The third-order valence-corrected chi connectivity index (χ3v) is 5.81. The molecular formula is C21H21ClFN3O2S. The number of ether oxygens (including phenoxy) is 2. The van der Waals surface area contributed by atoms with Gasteiger partial charge < -0.3 is 9.47 Å². The summed E-state index contributed by atoms with van der Waals surface area (Å²) in [6.45, 7) is 2.00. The highest BCUT2D eigenvalue weighted by molar-refractivity contribution is 7.99. The number of nitrogens with zero attached hydrogens (tertiary/aromatic N) is 3. The van der Waals surface area contributed by atoms with Crippen molar-refractivity contribution in [3.05, 3.63) is 59.4 Å². The molecule has 0 bridgehead atoms. The van der Waals surface area contributed by atoms with Gasteiger partial charge in [0.25, 0.3) is 0 Å². The maximum absolute atomic E-state index is 13.3. The largest absolute Gasteiger partial charge is 0.493 e. The van der Waals surface area contributed by atoms with Gasteiger partial charge in [0.1, 0.15) is 11.6 Å².